The number of nitrogens with one attached hydrogen (secondary N) is 1. The second-order valence-corrected chi connectivity index (χ2v) is 7.01. The van der Waals surface area contributed by atoms with Crippen molar-refractivity contribution >= 4 is 29.2 Å². The van der Waals surface area contributed by atoms with Crippen LogP contribution in [0.4, 0.5) is 5.95 Å². The lowest BCUT2D eigenvalue weighted by molar-refractivity contribution is 0.414. The van der Waals surface area contributed by atoms with Gasteiger partial charge in [0.25, 0.3) is 0 Å². The van der Waals surface area contributed by atoms with Gasteiger partial charge in [0, 0.05) is 0 Å². The fourth-order valence-corrected chi connectivity index (χ4v) is 3.29. The van der Waals surface area contributed by atoms with Crippen molar-refractivity contribution in [2.24, 2.45) is 0 Å². The average molecular weight is 430 g/mol. The van der Waals surface area contributed by atoms with Crippen LogP contribution in [0.3, 0.4) is 0 Å². The minimum Gasteiger partial charge on any atom is -0.497 e. The van der Waals surface area contributed by atoms with Crippen LogP contribution < -0.4 is 10.1 Å². The highest BCUT2D eigenvalue weighted by atomic mass is 35.5. The quantitative estimate of drug-likeness (QED) is 0.496. The molecule has 0 fully saturated rings. The third-order valence-corrected chi connectivity index (χ3v) is 5.09. The van der Waals surface area contributed by atoms with Crippen molar-refractivity contribution < 1.29 is 4.74 Å². The van der Waals surface area contributed by atoms with E-state index in [9.17, 15) is 0 Å². The monoisotopic (exact) mass is 429 g/mol. The van der Waals surface area contributed by atoms with Crippen molar-refractivity contribution in [2.45, 2.75) is 13.5 Å². The molecule has 4 rings (SSSR count). The van der Waals surface area contributed by atoms with E-state index in [-0.39, 0.29) is 0 Å². The second-order valence-electron chi connectivity index (χ2n) is 6.23. The van der Waals surface area contributed by atoms with Gasteiger partial charge in [-0.2, -0.15) is 9.78 Å². The molecule has 8 nitrogen and oxygen atoms in total. The smallest absolute Gasteiger partial charge is 0.248 e. The van der Waals surface area contributed by atoms with Crippen LogP contribution in [0.15, 0.2) is 48.5 Å². The Morgan fingerprint density at radius 1 is 1.07 bits per heavy atom. The van der Waals surface area contributed by atoms with Crippen molar-refractivity contribution in [3.8, 4) is 17.1 Å². The van der Waals surface area contributed by atoms with Gasteiger partial charge in [0.1, 0.15) is 5.75 Å². The molecule has 29 heavy (non-hydrogen) atoms. The normalized spacial score (nSPS) is 10.9. The van der Waals surface area contributed by atoms with Crippen LogP contribution in [0.25, 0.3) is 11.4 Å². The Hall–Kier alpha value is -3.10. The summed E-state index contributed by atoms with van der Waals surface area (Å²) >= 11 is 12.4. The number of anilines is 1. The van der Waals surface area contributed by atoms with Gasteiger partial charge in [-0.15, -0.1) is 0 Å². The Labute approximate surface area is 177 Å². The number of ether oxygens (including phenoxy) is 1. The van der Waals surface area contributed by atoms with E-state index in [1.165, 1.54) is 4.68 Å². The van der Waals surface area contributed by atoms with Gasteiger partial charge in [-0.25, -0.2) is 4.68 Å². The fraction of sp³-hybridized carbons (Fsp3) is 0.158. The summed E-state index contributed by atoms with van der Waals surface area (Å²) in [5.41, 5.74) is 3.36. The van der Waals surface area contributed by atoms with Crippen molar-refractivity contribution in [1.29, 1.82) is 0 Å². The van der Waals surface area contributed by atoms with E-state index in [0.29, 0.717) is 28.2 Å². The molecule has 10 heteroatoms. The van der Waals surface area contributed by atoms with Crippen LogP contribution >= 0.6 is 23.2 Å². The van der Waals surface area contributed by atoms with Crippen molar-refractivity contribution in [1.82, 2.24) is 30.0 Å². The molecule has 4 aromatic rings. The van der Waals surface area contributed by atoms with Gasteiger partial charge >= 0.3 is 0 Å². The van der Waals surface area contributed by atoms with Gasteiger partial charge < -0.3 is 10.1 Å². The SMILES string of the molecule is COc1ccc(-n2nc(C)cc2CNc2nnnn2-c2cccc(Cl)c2Cl)cc1. The summed E-state index contributed by atoms with van der Waals surface area (Å²) in [6, 6.07) is 15.0. The molecule has 0 amide bonds. The molecule has 0 atom stereocenters. The highest BCUT2D eigenvalue weighted by molar-refractivity contribution is 6.43. The first kappa shape index (κ1) is 19.2. The van der Waals surface area contributed by atoms with Crippen LogP contribution in [0.1, 0.15) is 11.4 Å². The molecule has 2 aromatic carbocycles. The predicted octanol–water partition coefficient (Wildman–Crippen LogP) is 4.08. The van der Waals surface area contributed by atoms with Crippen LogP contribution in [0.2, 0.25) is 10.0 Å². The average Bonchev–Trinajstić information content (AvgIpc) is 3.34. The molecule has 0 radical (unpaired) electrons. The van der Waals surface area contributed by atoms with Gasteiger partial charge in [-0.05, 0) is 59.8 Å². The van der Waals surface area contributed by atoms with Crippen LogP contribution in [-0.4, -0.2) is 37.1 Å². The summed E-state index contributed by atoms with van der Waals surface area (Å²) < 4.78 is 8.60. The zero-order chi connectivity index (χ0) is 20.4. The van der Waals surface area contributed by atoms with Crippen molar-refractivity contribution in [2.75, 3.05) is 12.4 Å². The van der Waals surface area contributed by atoms with Crippen molar-refractivity contribution in [3.05, 3.63) is 70.0 Å². The zero-order valence-corrected chi connectivity index (χ0v) is 17.2. The lowest BCUT2D eigenvalue weighted by Crippen LogP contribution is -2.11. The van der Waals surface area contributed by atoms with E-state index in [0.717, 1.165) is 22.8 Å². The molecule has 0 saturated carbocycles. The van der Waals surface area contributed by atoms with Crippen LogP contribution in [-0.2, 0) is 6.54 Å². The van der Waals surface area contributed by atoms with E-state index < -0.39 is 0 Å². The van der Waals surface area contributed by atoms with Crippen molar-refractivity contribution in [3.63, 3.8) is 0 Å². The topological polar surface area (TPSA) is 82.7 Å². The maximum absolute atomic E-state index is 6.31. The molecular formula is C19H17Cl2N7O. The Morgan fingerprint density at radius 3 is 2.62 bits per heavy atom. The maximum Gasteiger partial charge on any atom is 0.248 e. The molecule has 2 heterocycles. The molecule has 1 N–H and O–H groups in total. The first-order valence-electron chi connectivity index (χ1n) is 8.73. The summed E-state index contributed by atoms with van der Waals surface area (Å²) in [5, 5.41) is 20.5. The first-order chi connectivity index (χ1) is 14.1. The molecule has 0 spiro atoms. The molecule has 0 bridgehead atoms. The number of hydrogen-bond acceptors (Lipinski definition) is 6. The minimum absolute atomic E-state index is 0.378. The summed E-state index contributed by atoms with van der Waals surface area (Å²) in [6.07, 6.45) is 0. The second kappa shape index (κ2) is 8.10. The zero-order valence-electron chi connectivity index (χ0n) is 15.7. The Morgan fingerprint density at radius 2 is 1.86 bits per heavy atom. The Bertz CT molecular complexity index is 1140. The van der Waals surface area contributed by atoms with Crippen LogP contribution in [0.5, 0.6) is 5.75 Å². The van der Waals surface area contributed by atoms with E-state index in [2.05, 4.69) is 25.9 Å². The number of halogens is 2. The number of aromatic nitrogens is 6. The molecule has 0 aliphatic rings. The minimum atomic E-state index is 0.378. The standard InChI is InChI=1S/C19H17Cl2N7O/c1-12-10-14(27(24-12)13-6-8-15(29-2)9-7-13)11-22-19-23-25-26-28(19)17-5-3-4-16(20)18(17)21/h3-10H,11H2,1-2H3,(H,22,23,26). The van der Waals surface area contributed by atoms with Gasteiger partial charge in [0.05, 0.1) is 46.5 Å². The number of tetrazole rings is 1. The molecule has 0 aliphatic carbocycles. The van der Waals surface area contributed by atoms with E-state index in [4.69, 9.17) is 27.9 Å². The molecular weight excluding hydrogens is 413 g/mol. The summed E-state index contributed by atoms with van der Waals surface area (Å²) in [5.74, 6) is 1.23. The largest absolute Gasteiger partial charge is 0.497 e. The number of aryl methyl sites for hydroxylation is 1. The van der Waals surface area contributed by atoms with E-state index >= 15 is 0 Å². The molecule has 2 aromatic heterocycles. The summed E-state index contributed by atoms with van der Waals surface area (Å²) in [6.45, 7) is 2.39. The molecule has 148 valence electrons. The molecule has 0 unspecified atom stereocenters. The van der Waals surface area contributed by atoms with Gasteiger partial charge in [-0.3, -0.25) is 0 Å². The lowest BCUT2D eigenvalue weighted by Gasteiger charge is -2.11. The maximum atomic E-state index is 6.31. The summed E-state index contributed by atoms with van der Waals surface area (Å²) in [7, 11) is 1.64. The highest BCUT2D eigenvalue weighted by Crippen LogP contribution is 2.29. The number of nitrogens with zero attached hydrogens (tertiary/aromatic N) is 6. The lowest BCUT2D eigenvalue weighted by atomic mass is 10.3. The van der Waals surface area contributed by atoms with Gasteiger partial charge in [0.15, 0.2) is 0 Å². The van der Waals surface area contributed by atoms with Crippen LogP contribution in [0, 0.1) is 6.92 Å². The third-order valence-electron chi connectivity index (χ3n) is 4.28. The number of hydrogen-bond donors (Lipinski definition) is 1. The highest BCUT2D eigenvalue weighted by Gasteiger charge is 2.14. The van der Waals surface area contributed by atoms with E-state index in [1.807, 2.05) is 41.9 Å². The Kier molecular flexibility index (Phi) is 5.37. The first-order valence-corrected chi connectivity index (χ1v) is 9.49. The predicted molar refractivity (Wildman–Crippen MR) is 111 cm³/mol. The number of rotatable bonds is 6. The fourth-order valence-electron chi connectivity index (χ4n) is 2.91. The molecule has 0 saturated heterocycles. The third kappa shape index (κ3) is 3.90. The molecule has 0 aliphatic heterocycles. The Balaban J connectivity index is 1.60. The number of benzene rings is 2. The number of methoxy groups -OCH3 is 1. The van der Waals surface area contributed by atoms with Gasteiger partial charge in [-0.1, -0.05) is 34.4 Å². The van der Waals surface area contributed by atoms with E-state index in [1.54, 1.807) is 25.3 Å². The van der Waals surface area contributed by atoms with Gasteiger partial charge in [0.2, 0.25) is 5.95 Å². The summed E-state index contributed by atoms with van der Waals surface area (Å²) in [4.78, 5) is 0.